The second-order valence-electron chi connectivity index (χ2n) is 6.00. The molecule has 0 amide bonds. The van der Waals surface area contributed by atoms with Crippen molar-refractivity contribution in [3.63, 3.8) is 0 Å². The van der Waals surface area contributed by atoms with Gasteiger partial charge in [0.25, 0.3) is 0 Å². The first-order chi connectivity index (χ1) is 9.59. The van der Waals surface area contributed by atoms with Gasteiger partial charge in [-0.05, 0) is 49.1 Å². The minimum absolute atomic E-state index is 0.225. The van der Waals surface area contributed by atoms with Crippen LogP contribution in [0.1, 0.15) is 22.3 Å². The van der Waals surface area contributed by atoms with Crippen molar-refractivity contribution in [1.29, 1.82) is 0 Å². The maximum atomic E-state index is 6.01. The van der Waals surface area contributed by atoms with Crippen LogP contribution in [0.25, 0.3) is 0 Å². The number of halogens is 1. The van der Waals surface area contributed by atoms with E-state index in [1.54, 1.807) is 0 Å². The van der Waals surface area contributed by atoms with Crippen LogP contribution in [0, 0.1) is 13.8 Å². The first kappa shape index (κ1) is 13.7. The first-order valence-corrected chi connectivity index (χ1v) is 7.50. The highest BCUT2D eigenvalue weighted by atomic mass is 35.5. The zero-order valence-electron chi connectivity index (χ0n) is 12.0. The molecule has 0 aromatic heterocycles. The molecule has 0 saturated carbocycles. The van der Waals surface area contributed by atoms with Crippen molar-refractivity contribution in [2.45, 2.75) is 25.7 Å². The molecule has 3 rings (SSSR count). The molecular weight excluding hydrogens is 266 g/mol. The third-order valence-corrected chi connectivity index (χ3v) is 4.67. The fraction of sp³-hybridized carbons (Fsp3) is 0.333. The van der Waals surface area contributed by atoms with Crippen LogP contribution in [0.15, 0.2) is 42.5 Å². The standard InChI is InChI=1S/C18H20ClN/c1-13-3-4-14(2)15(9-13)10-18(11-20-12-18)16-5-7-17(19)8-6-16/h3-9,20H,10-12H2,1-2H3. The van der Waals surface area contributed by atoms with E-state index in [9.17, 15) is 0 Å². The predicted molar refractivity (Wildman–Crippen MR) is 85.6 cm³/mol. The smallest absolute Gasteiger partial charge is 0.0406 e. The zero-order valence-corrected chi connectivity index (χ0v) is 12.8. The molecule has 1 aliphatic heterocycles. The Morgan fingerprint density at radius 3 is 2.35 bits per heavy atom. The van der Waals surface area contributed by atoms with Crippen LogP contribution in [0.3, 0.4) is 0 Å². The monoisotopic (exact) mass is 285 g/mol. The number of aryl methyl sites for hydroxylation is 2. The summed E-state index contributed by atoms with van der Waals surface area (Å²) in [6.07, 6.45) is 1.09. The summed E-state index contributed by atoms with van der Waals surface area (Å²) in [4.78, 5) is 0. The summed E-state index contributed by atoms with van der Waals surface area (Å²) in [7, 11) is 0. The Morgan fingerprint density at radius 2 is 1.75 bits per heavy atom. The van der Waals surface area contributed by atoms with E-state index in [4.69, 9.17) is 11.6 Å². The van der Waals surface area contributed by atoms with Crippen molar-refractivity contribution < 1.29 is 0 Å². The van der Waals surface area contributed by atoms with E-state index in [1.807, 2.05) is 12.1 Å². The van der Waals surface area contributed by atoms with Gasteiger partial charge in [-0.15, -0.1) is 0 Å². The van der Waals surface area contributed by atoms with Gasteiger partial charge in [-0.1, -0.05) is 47.5 Å². The van der Waals surface area contributed by atoms with Gasteiger partial charge in [0.2, 0.25) is 0 Å². The van der Waals surface area contributed by atoms with Gasteiger partial charge < -0.3 is 5.32 Å². The van der Waals surface area contributed by atoms with Crippen LogP contribution in [0.4, 0.5) is 0 Å². The normalized spacial score (nSPS) is 16.8. The fourth-order valence-electron chi connectivity index (χ4n) is 3.02. The lowest BCUT2D eigenvalue weighted by Crippen LogP contribution is -2.58. The molecule has 2 aromatic rings. The van der Waals surface area contributed by atoms with E-state index < -0.39 is 0 Å². The minimum atomic E-state index is 0.225. The second-order valence-corrected chi connectivity index (χ2v) is 6.43. The predicted octanol–water partition coefficient (Wildman–Crippen LogP) is 4.04. The number of rotatable bonds is 3. The molecule has 0 spiro atoms. The lowest BCUT2D eigenvalue weighted by Gasteiger charge is -2.44. The van der Waals surface area contributed by atoms with Crippen LogP contribution in [-0.2, 0) is 11.8 Å². The molecule has 0 radical (unpaired) electrons. The second kappa shape index (κ2) is 5.23. The third-order valence-electron chi connectivity index (χ3n) is 4.42. The van der Waals surface area contributed by atoms with Crippen molar-refractivity contribution in [3.05, 3.63) is 69.7 Å². The Morgan fingerprint density at radius 1 is 1.05 bits per heavy atom. The largest absolute Gasteiger partial charge is 0.315 e. The van der Waals surface area contributed by atoms with Crippen LogP contribution in [0.2, 0.25) is 5.02 Å². The van der Waals surface area contributed by atoms with Gasteiger partial charge in [0, 0.05) is 23.5 Å². The first-order valence-electron chi connectivity index (χ1n) is 7.12. The van der Waals surface area contributed by atoms with Gasteiger partial charge in [-0.2, -0.15) is 0 Å². The maximum absolute atomic E-state index is 6.01. The lowest BCUT2D eigenvalue weighted by atomic mass is 9.70. The van der Waals surface area contributed by atoms with E-state index in [0.717, 1.165) is 24.5 Å². The SMILES string of the molecule is Cc1ccc(C)c(CC2(c3ccc(Cl)cc3)CNC2)c1. The van der Waals surface area contributed by atoms with Crippen molar-refractivity contribution >= 4 is 11.6 Å². The summed E-state index contributed by atoms with van der Waals surface area (Å²) in [5.74, 6) is 0. The Balaban J connectivity index is 1.93. The average molecular weight is 286 g/mol. The van der Waals surface area contributed by atoms with E-state index in [1.165, 1.54) is 22.3 Å². The molecule has 0 unspecified atom stereocenters. The van der Waals surface area contributed by atoms with Gasteiger partial charge in [-0.25, -0.2) is 0 Å². The molecule has 0 bridgehead atoms. The highest BCUT2D eigenvalue weighted by molar-refractivity contribution is 6.30. The Labute approximate surface area is 126 Å². The number of hydrogen-bond acceptors (Lipinski definition) is 1. The molecule has 0 aliphatic carbocycles. The van der Waals surface area contributed by atoms with Gasteiger partial charge in [0.05, 0.1) is 0 Å². The number of nitrogens with one attached hydrogen (secondary N) is 1. The molecule has 1 heterocycles. The average Bonchev–Trinajstić information content (AvgIpc) is 2.39. The Bertz CT molecular complexity index is 612. The number of benzene rings is 2. The Hall–Kier alpha value is -1.31. The van der Waals surface area contributed by atoms with Gasteiger partial charge in [0.1, 0.15) is 0 Å². The van der Waals surface area contributed by atoms with Gasteiger partial charge in [0.15, 0.2) is 0 Å². The zero-order chi connectivity index (χ0) is 14.2. The van der Waals surface area contributed by atoms with Gasteiger partial charge >= 0.3 is 0 Å². The summed E-state index contributed by atoms with van der Waals surface area (Å²) in [6.45, 7) is 6.46. The van der Waals surface area contributed by atoms with E-state index in [2.05, 4.69) is 49.5 Å². The molecular formula is C18H20ClN. The molecule has 0 atom stereocenters. The highest BCUT2D eigenvalue weighted by Crippen LogP contribution is 2.34. The molecule has 2 aromatic carbocycles. The summed E-state index contributed by atoms with van der Waals surface area (Å²) in [5, 5.41) is 4.24. The van der Waals surface area contributed by atoms with Crippen LogP contribution >= 0.6 is 11.6 Å². The van der Waals surface area contributed by atoms with Crippen LogP contribution in [0.5, 0.6) is 0 Å². The minimum Gasteiger partial charge on any atom is -0.315 e. The van der Waals surface area contributed by atoms with Crippen molar-refractivity contribution in [2.24, 2.45) is 0 Å². The lowest BCUT2D eigenvalue weighted by molar-refractivity contribution is 0.274. The fourth-order valence-corrected chi connectivity index (χ4v) is 3.14. The van der Waals surface area contributed by atoms with Crippen molar-refractivity contribution in [1.82, 2.24) is 5.32 Å². The summed E-state index contributed by atoms with van der Waals surface area (Å²) in [5.41, 5.74) is 5.80. The topological polar surface area (TPSA) is 12.0 Å². The van der Waals surface area contributed by atoms with Gasteiger partial charge in [-0.3, -0.25) is 0 Å². The Kier molecular flexibility index (Phi) is 3.57. The third kappa shape index (κ3) is 2.48. The van der Waals surface area contributed by atoms with E-state index >= 15 is 0 Å². The van der Waals surface area contributed by atoms with Crippen molar-refractivity contribution in [3.8, 4) is 0 Å². The van der Waals surface area contributed by atoms with Crippen molar-refractivity contribution in [2.75, 3.05) is 13.1 Å². The molecule has 2 heteroatoms. The van der Waals surface area contributed by atoms with E-state index in [-0.39, 0.29) is 5.41 Å². The summed E-state index contributed by atoms with van der Waals surface area (Å²) < 4.78 is 0. The van der Waals surface area contributed by atoms with E-state index in [0.29, 0.717) is 0 Å². The maximum Gasteiger partial charge on any atom is 0.0406 e. The molecule has 1 fully saturated rings. The molecule has 1 nitrogen and oxygen atoms in total. The van der Waals surface area contributed by atoms with Crippen LogP contribution < -0.4 is 5.32 Å². The summed E-state index contributed by atoms with van der Waals surface area (Å²) >= 11 is 6.01. The molecule has 1 N–H and O–H groups in total. The highest BCUT2D eigenvalue weighted by Gasteiger charge is 2.38. The molecule has 104 valence electrons. The number of hydrogen-bond donors (Lipinski definition) is 1. The summed E-state index contributed by atoms with van der Waals surface area (Å²) in [6, 6.07) is 15.1. The quantitative estimate of drug-likeness (QED) is 0.897. The van der Waals surface area contributed by atoms with Crippen LogP contribution in [-0.4, -0.2) is 13.1 Å². The molecule has 1 aliphatic rings. The molecule has 20 heavy (non-hydrogen) atoms. The molecule has 1 saturated heterocycles.